The van der Waals surface area contributed by atoms with Gasteiger partial charge in [0.2, 0.25) is 0 Å². The molecule has 2 N–H and O–H groups in total. The summed E-state index contributed by atoms with van der Waals surface area (Å²) >= 11 is 0. The van der Waals surface area contributed by atoms with Gasteiger partial charge in [-0.3, -0.25) is 0 Å². The molecule has 0 amide bonds. The lowest BCUT2D eigenvalue weighted by molar-refractivity contribution is -0.138. The monoisotopic (exact) mass is 376 g/mol. The van der Waals surface area contributed by atoms with E-state index in [1.54, 1.807) is 0 Å². The summed E-state index contributed by atoms with van der Waals surface area (Å²) in [6, 6.07) is 2.14. The summed E-state index contributed by atoms with van der Waals surface area (Å²) in [4.78, 5) is 10.1. The molecule has 4 saturated carbocycles. The van der Waals surface area contributed by atoms with Crippen LogP contribution in [0.15, 0.2) is 23.6 Å². The Morgan fingerprint density at radius 1 is 1.25 bits per heavy atom. The fourth-order valence-corrected chi connectivity index (χ4v) is 7.32. The standard InChI is InChI=1S/C21H25BN4O2/c27-21-8-12-6-13(9-21)17(14(7-12)10-21)19-18-15-2-3-23-20(15)24-11-16(18)22-26(25-19)4-1-5-28-22/h2-3,11-14,17,27H,1,4-10H2,(H,23,24)/t12?,13?,14?,17-,21+. The third kappa shape index (κ3) is 2.06. The third-order valence-electron chi connectivity index (χ3n) is 8.01. The fraction of sp³-hybridized carbons (Fsp3) is 0.619. The quantitative estimate of drug-likeness (QED) is 0.746. The van der Waals surface area contributed by atoms with E-state index in [0.29, 0.717) is 23.7 Å². The molecule has 1 saturated heterocycles. The minimum atomic E-state index is -0.413. The second kappa shape index (κ2) is 5.39. The molecule has 2 unspecified atom stereocenters. The van der Waals surface area contributed by atoms with Crippen molar-refractivity contribution in [3.05, 3.63) is 24.0 Å². The van der Waals surface area contributed by atoms with Crippen LogP contribution in [0.4, 0.5) is 0 Å². The minimum absolute atomic E-state index is 0.111. The van der Waals surface area contributed by atoms with Gasteiger partial charge in [-0.25, -0.2) is 4.98 Å². The molecule has 5 fully saturated rings. The number of nitrogens with one attached hydrogen (secondary N) is 1. The van der Waals surface area contributed by atoms with Crippen molar-refractivity contribution in [1.82, 2.24) is 14.9 Å². The van der Waals surface area contributed by atoms with E-state index in [-0.39, 0.29) is 7.05 Å². The highest BCUT2D eigenvalue weighted by Gasteiger charge is 2.57. The van der Waals surface area contributed by atoms with Crippen molar-refractivity contribution >= 4 is 29.3 Å². The van der Waals surface area contributed by atoms with E-state index in [9.17, 15) is 5.11 Å². The zero-order valence-corrected chi connectivity index (χ0v) is 16.0. The first-order valence-corrected chi connectivity index (χ1v) is 10.8. The zero-order chi connectivity index (χ0) is 18.5. The molecule has 2 aliphatic heterocycles. The van der Waals surface area contributed by atoms with E-state index < -0.39 is 5.60 Å². The fourth-order valence-electron chi connectivity index (χ4n) is 7.32. The number of aromatic amines is 1. The number of hydrogen-bond acceptors (Lipinski definition) is 5. The molecule has 8 rings (SSSR count). The minimum Gasteiger partial charge on any atom is -0.412 e. The molecular weight excluding hydrogens is 351 g/mol. The van der Waals surface area contributed by atoms with Crippen molar-refractivity contribution in [2.24, 2.45) is 28.8 Å². The first-order chi connectivity index (χ1) is 13.7. The summed E-state index contributed by atoms with van der Waals surface area (Å²) in [6.07, 6.45) is 10.4. The number of aromatic nitrogens is 2. The summed E-state index contributed by atoms with van der Waals surface area (Å²) < 4.78 is 6.13. The number of pyridine rings is 1. The number of fused-ring (bicyclic) bond motifs is 5. The maximum absolute atomic E-state index is 11.1. The van der Waals surface area contributed by atoms with Crippen LogP contribution in [0, 0.1) is 23.7 Å². The number of hydrogen-bond donors (Lipinski definition) is 2. The second-order valence-electron chi connectivity index (χ2n) is 9.77. The predicted molar refractivity (Wildman–Crippen MR) is 107 cm³/mol. The highest BCUT2D eigenvalue weighted by molar-refractivity contribution is 6.67. The predicted octanol–water partition coefficient (Wildman–Crippen LogP) is 1.89. The molecule has 4 bridgehead atoms. The van der Waals surface area contributed by atoms with Crippen LogP contribution in [0.1, 0.15) is 44.1 Å². The normalized spacial score (nSPS) is 38.5. The van der Waals surface area contributed by atoms with E-state index >= 15 is 0 Å². The first-order valence-electron chi connectivity index (χ1n) is 10.8. The van der Waals surface area contributed by atoms with Gasteiger partial charge in [0, 0.05) is 47.9 Å². The van der Waals surface area contributed by atoms with Gasteiger partial charge in [0.15, 0.2) is 0 Å². The Bertz CT molecular complexity index is 987. The Balaban J connectivity index is 1.41. The molecule has 0 aromatic carbocycles. The lowest BCUT2D eigenvalue weighted by atomic mass is 9.48. The van der Waals surface area contributed by atoms with Gasteiger partial charge in [-0.2, -0.15) is 5.10 Å². The molecule has 0 radical (unpaired) electrons. The molecule has 2 aromatic heterocycles. The molecular formula is C21H25BN4O2. The molecule has 2 aromatic rings. The van der Waals surface area contributed by atoms with Crippen LogP contribution in [0.5, 0.6) is 0 Å². The van der Waals surface area contributed by atoms with Gasteiger partial charge < -0.3 is 19.7 Å². The maximum Gasteiger partial charge on any atom is 0.471 e. The van der Waals surface area contributed by atoms with Gasteiger partial charge in [-0.05, 0) is 62.3 Å². The van der Waals surface area contributed by atoms with Crippen LogP contribution in [-0.2, 0) is 4.65 Å². The Kier molecular flexibility index (Phi) is 3.08. The zero-order valence-electron chi connectivity index (χ0n) is 16.0. The van der Waals surface area contributed by atoms with Crippen LogP contribution >= 0.6 is 0 Å². The van der Waals surface area contributed by atoms with Crippen LogP contribution in [0.2, 0.25) is 0 Å². The molecule has 7 heteroatoms. The maximum atomic E-state index is 11.1. The number of H-pyrrole nitrogens is 1. The second-order valence-corrected chi connectivity index (χ2v) is 9.77. The largest absolute Gasteiger partial charge is 0.471 e. The van der Waals surface area contributed by atoms with Crippen LogP contribution < -0.4 is 5.46 Å². The summed E-state index contributed by atoms with van der Waals surface area (Å²) in [6.45, 7) is 1.72. The highest BCUT2D eigenvalue weighted by Crippen LogP contribution is 2.59. The first kappa shape index (κ1) is 16.0. The van der Waals surface area contributed by atoms with Gasteiger partial charge in [0.25, 0.3) is 0 Å². The van der Waals surface area contributed by atoms with Crippen LogP contribution in [-0.4, -0.2) is 51.5 Å². The molecule has 0 spiro atoms. The smallest absolute Gasteiger partial charge is 0.412 e. The SMILES string of the molecule is O[C@]12CC3CC(C1)[C@H](C1=NN4CCCOB4c4cnc5[nH]ccc5c41)C(C3)C2. The van der Waals surface area contributed by atoms with Gasteiger partial charge in [0.1, 0.15) is 5.65 Å². The number of aliphatic hydroxyl groups is 1. The van der Waals surface area contributed by atoms with Crippen LogP contribution in [0.3, 0.4) is 0 Å². The van der Waals surface area contributed by atoms with E-state index in [1.165, 1.54) is 29.6 Å². The highest BCUT2D eigenvalue weighted by atomic mass is 16.4. The number of nitrogens with zero attached hydrogens (tertiary/aromatic N) is 3. The Morgan fingerprint density at radius 3 is 2.93 bits per heavy atom. The summed E-state index contributed by atoms with van der Waals surface area (Å²) in [5, 5.41) is 17.5. The van der Waals surface area contributed by atoms with Gasteiger partial charge in [0.05, 0.1) is 11.3 Å². The van der Waals surface area contributed by atoms with Crippen molar-refractivity contribution in [2.45, 2.75) is 44.1 Å². The summed E-state index contributed by atoms with van der Waals surface area (Å²) in [5.74, 6) is 2.25. The van der Waals surface area contributed by atoms with Gasteiger partial charge in [-0.1, -0.05) is 0 Å². The Morgan fingerprint density at radius 2 is 2.11 bits per heavy atom. The third-order valence-corrected chi connectivity index (χ3v) is 8.01. The van der Waals surface area contributed by atoms with E-state index in [0.717, 1.165) is 49.9 Å². The lowest BCUT2D eigenvalue weighted by Gasteiger charge is -2.58. The van der Waals surface area contributed by atoms with E-state index in [2.05, 4.69) is 21.0 Å². The van der Waals surface area contributed by atoms with Crippen molar-refractivity contribution < 1.29 is 9.76 Å². The Labute approximate surface area is 164 Å². The lowest BCUT2D eigenvalue weighted by Crippen LogP contribution is -2.61. The van der Waals surface area contributed by atoms with E-state index in [1.807, 2.05) is 12.4 Å². The van der Waals surface area contributed by atoms with Gasteiger partial charge >= 0.3 is 7.05 Å². The van der Waals surface area contributed by atoms with Crippen LogP contribution in [0.25, 0.3) is 11.0 Å². The van der Waals surface area contributed by atoms with Crippen molar-refractivity contribution in [3.63, 3.8) is 0 Å². The average Bonchev–Trinajstić information content (AvgIpc) is 3.15. The molecule has 144 valence electrons. The van der Waals surface area contributed by atoms with Gasteiger partial charge in [-0.15, -0.1) is 0 Å². The van der Waals surface area contributed by atoms with Crippen molar-refractivity contribution in [2.75, 3.05) is 13.2 Å². The molecule has 4 heterocycles. The number of hydrazone groups is 1. The molecule has 6 aliphatic rings. The topological polar surface area (TPSA) is 73.7 Å². The summed E-state index contributed by atoms with van der Waals surface area (Å²) in [5.41, 5.74) is 4.17. The molecule has 28 heavy (non-hydrogen) atoms. The molecule has 4 aliphatic carbocycles. The number of rotatable bonds is 1. The average molecular weight is 376 g/mol. The summed E-state index contributed by atoms with van der Waals surface area (Å²) in [7, 11) is -0.111. The van der Waals surface area contributed by atoms with Crippen molar-refractivity contribution in [1.29, 1.82) is 0 Å². The van der Waals surface area contributed by atoms with E-state index in [4.69, 9.17) is 9.76 Å². The Hall–Kier alpha value is -1.86. The molecule has 2 atom stereocenters. The molecule has 6 nitrogen and oxygen atoms in total. The van der Waals surface area contributed by atoms with Crippen molar-refractivity contribution in [3.8, 4) is 0 Å².